The average molecular weight is 531 g/mol. The van der Waals surface area contributed by atoms with Crippen molar-refractivity contribution in [1.82, 2.24) is 0 Å². The molecule has 0 rings (SSSR count). The van der Waals surface area contributed by atoms with Gasteiger partial charge in [-0.1, -0.05) is 20.8 Å². The number of aliphatic hydroxyl groups excluding tert-OH is 1. The van der Waals surface area contributed by atoms with Crippen LogP contribution in [0.15, 0.2) is 0 Å². The first-order chi connectivity index (χ1) is 15.6. The lowest BCUT2D eigenvalue weighted by Crippen LogP contribution is -2.47. The molecule has 3 atom stereocenters. The molecule has 204 valence electrons. The molecule has 0 aromatic rings. The highest BCUT2D eigenvalue weighted by molar-refractivity contribution is 7.53. The van der Waals surface area contributed by atoms with E-state index < -0.39 is 33.7 Å². The number of carbonyl (C=O) groups excluding carboxylic acids is 1. The van der Waals surface area contributed by atoms with Gasteiger partial charge in [0.1, 0.15) is 6.79 Å². The number of esters is 1. The van der Waals surface area contributed by atoms with Crippen molar-refractivity contribution in [2.24, 2.45) is 0 Å². The molecule has 0 spiro atoms. The van der Waals surface area contributed by atoms with Crippen molar-refractivity contribution in [2.75, 3.05) is 54.6 Å². The van der Waals surface area contributed by atoms with Crippen molar-refractivity contribution >= 4 is 21.9 Å². The number of hydrogen-bond donors (Lipinski definition) is 1. The smallest absolute Gasteiger partial charge is 0.332 e. The van der Waals surface area contributed by atoms with Gasteiger partial charge < -0.3 is 37.5 Å². The van der Waals surface area contributed by atoms with Crippen molar-refractivity contribution < 1.29 is 46.9 Å². The minimum atomic E-state index is -3.50. The van der Waals surface area contributed by atoms with Gasteiger partial charge in [-0.15, -0.1) is 0 Å². The van der Waals surface area contributed by atoms with E-state index in [0.717, 1.165) is 0 Å². The van der Waals surface area contributed by atoms with Crippen molar-refractivity contribution in [3.63, 3.8) is 0 Å². The van der Waals surface area contributed by atoms with Crippen LogP contribution in [-0.2, 0) is 41.8 Å². The number of ether oxygens (including phenoxy) is 4. The van der Waals surface area contributed by atoms with Crippen LogP contribution in [0.2, 0.25) is 18.1 Å². The van der Waals surface area contributed by atoms with E-state index in [-0.39, 0.29) is 30.4 Å². The van der Waals surface area contributed by atoms with Gasteiger partial charge in [0.15, 0.2) is 8.32 Å². The maximum Gasteiger partial charge on any atom is 0.332 e. The van der Waals surface area contributed by atoms with Crippen LogP contribution in [0.5, 0.6) is 0 Å². The number of methoxy groups -OCH3 is 2. The molecule has 0 bridgehead atoms. The summed E-state index contributed by atoms with van der Waals surface area (Å²) >= 11 is 0. The molecule has 0 aliphatic carbocycles. The van der Waals surface area contributed by atoms with Gasteiger partial charge in [-0.25, -0.2) is 0 Å². The molecule has 0 aliphatic heterocycles. The van der Waals surface area contributed by atoms with E-state index in [9.17, 15) is 14.5 Å². The van der Waals surface area contributed by atoms with Crippen LogP contribution < -0.4 is 0 Å². The Kier molecular flexibility index (Phi) is 14.9. The first-order valence-corrected chi connectivity index (χ1v) is 16.1. The SMILES string of the molecule is COCCOCO[C@](C)(CC[C@H](CC(=O)OC)O[Si](C)(C)C(C)(C)C)C(O)CP(=O)(OC)OC. The lowest BCUT2D eigenvalue weighted by atomic mass is 9.92. The molecule has 0 amide bonds. The van der Waals surface area contributed by atoms with Gasteiger partial charge in [-0.2, -0.15) is 0 Å². The van der Waals surface area contributed by atoms with E-state index >= 15 is 0 Å². The second-order valence-electron chi connectivity index (χ2n) is 9.97. The first kappa shape index (κ1) is 33.6. The zero-order chi connectivity index (χ0) is 26.6. The second-order valence-corrected chi connectivity index (χ2v) is 17.0. The second kappa shape index (κ2) is 15.0. The third-order valence-corrected chi connectivity index (χ3v) is 12.9. The molecule has 10 nitrogen and oxygen atoms in total. The molecule has 1 N–H and O–H groups in total. The highest BCUT2D eigenvalue weighted by atomic mass is 31.2. The average Bonchev–Trinajstić information content (AvgIpc) is 2.76. The van der Waals surface area contributed by atoms with E-state index in [4.69, 9.17) is 32.4 Å². The molecule has 0 saturated heterocycles. The summed E-state index contributed by atoms with van der Waals surface area (Å²) in [5.74, 6) is -0.377. The van der Waals surface area contributed by atoms with Crippen LogP contribution in [0.3, 0.4) is 0 Å². The minimum Gasteiger partial charge on any atom is -0.469 e. The van der Waals surface area contributed by atoms with Crippen LogP contribution >= 0.6 is 7.60 Å². The number of hydrogen-bond acceptors (Lipinski definition) is 10. The Hall–Kier alpha value is -0.363. The normalized spacial score (nSPS) is 16.7. The monoisotopic (exact) mass is 530 g/mol. The van der Waals surface area contributed by atoms with Crippen LogP contribution in [0.4, 0.5) is 0 Å². The zero-order valence-corrected chi connectivity index (χ0v) is 24.6. The van der Waals surface area contributed by atoms with E-state index in [2.05, 4.69) is 33.9 Å². The van der Waals surface area contributed by atoms with Crippen LogP contribution in [0, 0.1) is 0 Å². The maximum absolute atomic E-state index is 12.7. The molecule has 0 aromatic heterocycles. The maximum atomic E-state index is 12.7. The molecule has 0 saturated carbocycles. The molecule has 12 heteroatoms. The number of rotatable bonds is 18. The first-order valence-electron chi connectivity index (χ1n) is 11.4. The fourth-order valence-corrected chi connectivity index (χ4v) is 5.50. The molecule has 0 fully saturated rings. The molecule has 34 heavy (non-hydrogen) atoms. The summed E-state index contributed by atoms with van der Waals surface area (Å²) in [5, 5.41) is 11.0. The zero-order valence-electron chi connectivity index (χ0n) is 22.7. The third kappa shape index (κ3) is 11.6. The highest BCUT2D eigenvalue weighted by Gasteiger charge is 2.43. The summed E-state index contributed by atoms with van der Waals surface area (Å²) in [4.78, 5) is 12.1. The molecular formula is C22H47O10PSi. The number of aliphatic hydroxyl groups is 1. The quantitative estimate of drug-likeness (QED) is 0.0917. The summed E-state index contributed by atoms with van der Waals surface area (Å²) in [6.45, 7) is 12.9. The van der Waals surface area contributed by atoms with E-state index in [1.807, 2.05) is 0 Å². The Balaban J connectivity index is 5.65. The van der Waals surface area contributed by atoms with Crippen LogP contribution in [0.1, 0.15) is 47.0 Å². The van der Waals surface area contributed by atoms with Gasteiger partial charge in [-0.05, 0) is 37.9 Å². The summed E-state index contributed by atoms with van der Waals surface area (Å²) < 4.78 is 50.3. The topological polar surface area (TPSA) is 119 Å². The summed E-state index contributed by atoms with van der Waals surface area (Å²) in [6.07, 6.45) is -1.12. The van der Waals surface area contributed by atoms with Crippen molar-refractivity contribution in [3.05, 3.63) is 0 Å². The Labute approximate surface area is 206 Å². The molecule has 1 unspecified atom stereocenters. The molecule has 0 radical (unpaired) electrons. The Morgan fingerprint density at radius 3 is 2.09 bits per heavy atom. The van der Waals surface area contributed by atoms with E-state index in [1.165, 1.54) is 21.3 Å². The van der Waals surface area contributed by atoms with Gasteiger partial charge in [0.25, 0.3) is 0 Å². The Morgan fingerprint density at radius 2 is 1.62 bits per heavy atom. The lowest BCUT2D eigenvalue weighted by Gasteiger charge is -2.41. The number of carbonyl (C=O) groups is 1. The van der Waals surface area contributed by atoms with E-state index in [0.29, 0.717) is 26.1 Å². The van der Waals surface area contributed by atoms with Gasteiger partial charge >= 0.3 is 13.6 Å². The van der Waals surface area contributed by atoms with Crippen LogP contribution in [0.25, 0.3) is 0 Å². The van der Waals surface area contributed by atoms with Gasteiger partial charge in [0, 0.05) is 21.3 Å². The standard InChI is InChI=1S/C22H47O10PSi/c1-21(2,3)34(9,10)32-18(15-20(24)27-6)11-12-22(4,31-17-30-14-13-26-5)19(23)16-33(25,28-7)29-8/h18-19,23H,11-17H2,1-10H3/t18-,19?,22-/m1/s1. The summed E-state index contributed by atoms with van der Waals surface area (Å²) in [7, 11) is -0.261. The Morgan fingerprint density at radius 1 is 1.03 bits per heavy atom. The van der Waals surface area contributed by atoms with Crippen molar-refractivity contribution in [2.45, 2.75) is 82.9 Å². The lowest BCUT2D eigenvalue weighted by molar-refractivity contribution is -0.180. The Bertz CT molecular complexity index is 632. The molecule has 0 aromatic carbocycles. The van der Waals surface area contributed by atoms with Crippen molar-refractivity contribution in [1.29, 1.82) is 0 Å². The van der Waals surface area contributed by atoms with Gasteiger partial charge in [0.2, 0.25) is 0 Å². The third-order valence-electron chi connectivity index (χ3n) is 6.41. The predicted octanol–water partition coefficient (Wildman–Crippen LogP) is 3.96. The van der Waals surface area contributed by atoms with Crippen LogP contribution in [-0.4, -0.2) is 91.8 Å². The fraction of sp³-hybridized carbons (Fsp3) is 0.955. The van der Waals surface area contributed by atoms with E-state index in [1.54, 1.807) is 14.0 Å². The van der Waals surface area contributed by atoms with Crippen molar-refractivity contribution in [3.8, 4) is 0 Å². The highest BCUT2D eigenvalue weighted by Crippen LogP contribution is 2.48. The predicted molar refractivity (Wildman–Crippen MR) is 133 cm³/mol. The van der Waals surface area contributed by atoms with Gasteiger partial charge in [-0.3, -0.25) is 9.36 Å². The van der Waals surface area contributed by atoms with Gasteiger partial charge in [0.05, 0.1) is 50.7 Å². The minimum absolute atomic E-state index is 0.0561. The summed E-state index contributed by atoms with van der Waals surface area (Å²) in [5.41, 5.74) is -1.18. The largest absolute Gasteiger partial charge is 0.469 e. The molecule has 0 heterocycles. The fourth-order valence-electron chi connectivity index (χ4n) is 2.85. The summed E-state index contributed by atoms with van der Waals surface area (Å²) in [6, 6.07) is 0. The molecule has 0 aliphatic rings. The molecular weight excluding hydrogens is 483 g/mol.